The van der Waals surface area contributed by atoms with Crippen molar-refractivity contribution in [3.05, 3.63) is 0 Å². The maximum Gasteiger partial charge on any atom is 0.490 e. The number of rotatable bonds is 0. The predicted octanol–water partition coefficient (Wildman–Crippen LogP) is -0.342. The normalized spacial score (nSPS) is 29.2. The van der Waals surface area contributed by atoms with Gasteiger partial charge < -0.3 is 15.5 Å². The minimum absolute atomic E-state index is 0.0649. The number of hydrogen-bond acceptors (Lipinski definition) is 4. The standard InChI is InChI=1S/C7H14N2O.C2HF3O2/c10-7-3-6-4-8-1-2-9(6)5-7;3-2(4,5)1(6)7/h6-8,10H,1-5H2;(H,6,7)/t6-,7+;/m0./s1. The van der Waals surface area contributed by atoms with Crippen LogP contribution < -0.4 is 5.32 Å². The minimum Gasteiger partial charge on any atom is -0.475 e. The molecule has 0 bridgehead atoms. The van der Waals surface area contributed by atoms with E-state index < -0.39 is 12.1 Å². The van der Waals surface area contributed by atoms with Crippen LogP contribution in [-0.2, 0) is 4.79 Å². The fraction of sp³-hybridized carbons (Fsp3) is 0.889. The molecule has 0 aliphatic carbocycles. The summed E-state index contributed by atoms with van der Waals surface area (Å²) in [6.45, 7) is 4.16. The van der Waals surface area contributed by atoms with Gasteiger partial charge in [-0.25, -0.2) is 4.79 Å². The molecule has 8 heteroatoms. The maximum atomic E-state index is 10.6. The van der Waals surface area contributed by atoms with E-state index in [1.54, 1.807) is 0 Å². The first-order chi connectivity index (χ1) is 7.80. The number of hydrogen-bond donors (Lipinski definition) is 3. The first kappa shape index (κ1) is 14.2. The average molecular weight is 256 g/mol. The molecule has 100 valence electrons. The molecule has 0 aromatic rings. The summed E-state index contributed by atoms with van der Waals surface area (Å²) in [5.41, 5.74) is 0. The van der Waals surface area contributed by atoms with Crippen LogP contribution in [0.2, 0.25) is 0 Å². The number of carboxylic acids is 1. The van der Waals surface area contributed by atoms with Crippen molar-refractivity contribution in [2.45, 2.75) is 24.7 Å². The second-order valence-corrected chi connectivity index (χ2v) is 4.05. The molecule has 0 spiro atoms. The maximum absolute atomic E-state index is 10.6. The first-order valence-electron chi connectivity index (χ1n) is 5.23. The van der Waals surface area contributed by atoms with Crippen molar-refractivity contribution < 1.29 is 28.2 Å². The molecule has 3 N–H and O–H groups in total. The number of nitrogens with zero attached hydrogens (tertiary/aromatic N) is 1. The highest BCUT2D eigenvalue weighted by Crippen LogP contribution is 2.18. The number of piperazine rings is 1. The molecule has 2 saturated heterocycles. The van der Waals surface area contributed by atoms with E-state index in [-0.39, 0.29) is 6.10 Å². The molecule has 0 saturated carbocycles. The molecule has 5 nitrogen and oxygen atoms in total. The summed E-state index contributed by atoms with van der Waals surface area (Å²) in [7, 11) is 0. The van der Waals surface area contributed by atoms with Gasteiger partial charge in [-0.05, 0) is 6.42 Å². The highest BCUT2D eigenvalue weighted by molar-refractivity contribution is 5.73. The zero-order valence-corrected chi connectivity index (χ0v) is 9.07. The van der Waals surface area contributed by atoms with Crippen LogP contribution in [0.3, 0.4) is 0 Å². The van der Waals surface area contributed by atoms with Crippen LogP contribution in [0.15, 0.2) is 0 Å². The van der Waals surface area contributed by atoms with Crippen molar-refractivity contribution in [3.8, 4) is 0 Å². The number of aliphatic carboxylic acids is 1. The van der Waals surface area contributed by atoms with E-state index in [0.717, 1.165) is 32.6 Å². The smallest absolute Gasteiger partial charge is 0.475 e. The van der Waals surface area contributed by atoms with Crippen LogP contribution >= 0.6 is 0 Å². The Morgan fingerprint density at radius 2 is 2.00 bits per heavy atom. The highest BCUT2D eigenvalue weighted by atomic mass is 19.4. The van der Waals surface area contributed by atoms with E-state index in [1.165, 1.54) is 0 Å². The topological polar surface area (TPSA) is 72.8 Å². The summed E-state index contributed by atoms with van der Waals surface area (Å²) in [5, 5.41) is 19.7. The van der Waals surface area contributed by atoms with Gasteiger partial charge in [-0.3, -0.25) is 4.90 Å². The van der Waals surface area contributed by atoms with Crippen molar-refractivity contribution in [1.82, 2.24) is 10.2 Å². The molecule has 0 aromatic carbocycles. The van der Waals surface area contributed by atoms with Crippen LogP contribution in [0, 0.1) is 0 Å². The van der Waals surface area contributed by atoms with E-state index >= 15 is 0 Å². The minimum atomic E-state index is -5.08. The molecule has 2 heterocycles. The number of nitrogens with one attached hydrogen (secondary N) is 1. The molecule has 17 heavy (non-hydrogen) atoms. The summed E-state index contributed by atoms with van der Waals surface area (Å²) in [5.74, 6) is -2.76. The Morgan fingerprint density at radius 1 is 1.41 bits per heavy atom. The fourth-order valence-electron chi connectivity index (χ4n) is 1.94. The van der Waals surface area contributed by atoms with Crippen LogP contribution in [0.25, 0.3) is 0 Å². The van der Waals surface area contributed by atoms with Gasteiger partial charge in [-0.2, -0.15) is 13.2 Å². The molecule has 2 atom stereocenters. The zero-order chi connectivity index (χ0) is 13.1. The molecule has 2 fully saturated rings. The second kappa shape index (κ2) is 5.65. The summed E-state index contributed by atoms with van der Waals surface area (Å²) >= 11 is 0. The number of fused-ring (bicyclic) bond motifs is 1. The van der Waals surface area contributed by atoms with Crippen LogP contribution in [0.4, 0.5) is 13.2 Å². The van der Waals surface area contributed by atoms with Crippen molar-refractivity contribution in [1.29, 1.82) is 0 Å². The molecule has 0 unspecified atom stereocenters. The Morgan fingerprint density at radius 3 is 2.47 bits per heavy atom. The van der Waals surface area contributed by atoms with E-state index in [1.807, 2.05) is 0 Å². The van der Waals surface area contributed by atoms with Gasteiger partial charge in [0, 0.05) is 32.2 Å². The van der Waals surface area contributed by atoms with E-state index in [9.17, 15) is 18.3 Å². The van der Waals surface area contributed by atoms with Crippen LogP contribution in [0.5, 0.6) is 0 Å². The summed E-state index contributed by atoms with van der Waals surface area (Å²) in [6.07, 6.45) is -4.18. The van der Waals surface area contributed by atoms with Crippen LogP contribution in [0.1, 0.15) is 6.42 Å². The van der Waals surface area contributed by atoms with Gasteiger partial charge in [0.1, 0.15) is 0 Å². The number of carboxylic acid groups (broad SMARTS) is 1. The van der Waals surface area contributed by atoms with Gasteiger partial charge in [0.2, 0.25) is 0 Å². The van der Waals surface area contributed by atoms with E-state index in [2.05, 4.69) is 10.2 Å². The third-order valence-electron chi connectivity index (χ3n) is 2.70. The van der Waals surface area contributed by atoms with Gasteiger partial charge in [0.05, 0.1) is 6.10 Å². The summed E-state index contributed by atoms with van der Waals surface area (Å²) < 4.78 is 31.7. The van der Waals surface area contributed by atoms with Gasteiger partial charge >= 0.3 is 12.1 Å². The lowest BCUT2D eigenvalue weighted by molar-refractivity contribution is -0.192. The van der Waals surface area contributed by atoms with Crippen molar-refractivity contribution in [2.75, 3.05) is 26.2 Å². The molecule has 0 aromatic heterocycles. The monoisotopic (exact) mass is 256 g/mol. The fourth-order valence-corrected chi connectivity index (χ4v) is 1.94. The number of aliphatic hydroxyl groups is 1. The lowest BCUT2D eigenvalue weighted by atomic mass is 10.2. The van der Waals surface area contributed by atoms with Crippen molar-refractivity contribution in [3.63, 3.8) is 0 Å². The summed E-state index contributed by atoms with van der Waals surface area (Å²) in [6, 6.07) is 0.615. The Labute approximate surface area is 96.2 Å². The first-order valence-corrected chi connectivity index (χ1v) is 5.23. The van der Waals surface area contributed by atoms with Crippen LogP contribution in [-0.4, -0.2) is 65.6 Å². The van der Waals surface area contributed by atoms with Gasteiger partial charge in [0.15, 0.2) is 0 Å². The quantitative estimate of drug-likeness (QED) is 0.553. The number of halogens is 3. The Balaban J connectivity index is 0.000000185. The number of alkyl halides is 3. The van der Waals surface area contributed by atoms with Crippen molar-refractivity contribution in [2.24, 2.45) is 0 Å². The zero-order valence-electron chi connectivity index (χ0n) is 9.07. The average Bonchev–Trinajstić information content (AvgIpc) is 2.57. The number of aliphatic hydroxyl groups excluding tert-OH is 1. The van der Waals surface area contributed by atoms with E-state index in [4.69, 9.17) is 9.90 Å². The Kier molecular flexibility index (Phi) is 4.72. The molecule has 2 aliphatic rings. The molecule has 2 rings (SSSR count). The lowest BCUT2D eigenvalue weighted by Crippen LogP contribution is -2.47. The molecule has 2 aliphatic heterocycles. The number of carbonyl (C=O) groups is 1. The SMILES string of the molecule is O=C(O)C(F)(F)F.O[C@@H]1C[C@H]2CNCCN2C1. The predicted molar refractivity (Wildman–Crippen MR) is 52.5 cm³/mol. The molecular weight excluding hydrogens is 241 g/mol. The van der Waals surface area contributed by atoms with Gasteiger partial charge in [-0.1, -0.05) is 0 Å². The molecular formula is C9H15F3N2O3. The summed E-state index contributed by atoms with van der Waals surface area (Å²) in [4.78, 5) is 11.3. The Bertz CT molecular complexity index is 259. The second-order valence-electron chi connectivity index (χ2n) is 4.05. The largest absolute Gasteiger partial charge is 0.490 e. The van der Waals surface area contributed by atoms with E-state index in [0.29, 0.717) is 6.04 Å². The highest BCUT2D eigenvalue weighted by Gasteiger charge is 2.38. The van der Waals surface area contributed by atoms with Crippen molar-refractivity contribution >= 4 is 5.97 Å². The third kappa shape index (κ3) is 4.49. The molecule has 0 amide bonds. The molecule has 0 radical (unpaired) electrons. The lowest BCUT2D eigenvalue weighted by Gasteiger charge is -2.29. The van der Waals surface area contributed by atoms with Gasteiger partial charge in [0.25, 0.3) is 0 Å². The Hall–Kier alpha value is -0.860. The van der Waals surface area contributed by atoms with Gasteiger partial charge in [-0.15, -0.1) is 0 Å². The third-order valence-corrected chi connectivity index (χ3v) is 2.70.